The topological polar surface area (TPSA) is 54.6 Å². The first-order chi connectivity index (χ1) is 11.6. The van der Waals surface area contributed by atoms with Crippen LogP contribution in [-0.2, 0) is 16.0 Å². The Morgan fingerprint density at radius 2 is 2.38 bits per heavy atom. The van der Waals surface area contributed by atoms with E-state index in [1.165, 1.54) is 11.3 Å². The van der Waals surface area contributed by atoms with Gasteiger partial charge in [0.25, 0.3) is 0 Å². The van der Waals surface area contributed by atoms with Gasteiger partial charge in [-0.15, -0.1) is 11.3 Å². The fraction of sp³-hybridized carbons (Fsp3) is 0.412. The normalized spacial score (nSPS) is 17.8. The average Bonchev–Trinajstić information content (AvgIpc) is 2.92. The number of nitrogens with zero attached hydrogens (tertiary/aromatic N) is 1. The van der Waals surface area contributed by atoms with Crippen molar-refractivity contribution in [2.45, 2.75) is 19.4 Å². The molecule has 0 spiro atoms. The molecule has 7 heteroatoms. The molecule has 1 fully saturated rings. The standard InChI is InChI=1S/C17H20N2O3S2/c1-11-15(24-17(23)18-11)9-16(20)19-6-7-22-14(10-19)12-4-3-5-13(8-12)21-2/h3-5,8,14H,6-7,9-10H2,1-2H3,(H,18,23). The van der Waals surface area contributed by atoms with Crippen LogP contribution in [0.4, 0.5) is 0 Å². The van der Waals surface area contributed by atoms with Crippen molar-refractivity contribution in [2.75, 3.05) is 26.8 Å². The van der Waals surface area contributed by atoms with Gasteiger partial charge in [0.05, 0.1) is 26.7 Å². The Hall–Kier alpha value is -1.70. The van der Waals surface area contributed by atoms with Crippen LogP contribution < -0.4 is 4.74 Å². The molecule has 1 aliphatic heterocycles. The quantitative estimate of drug-likeness (QED) is 0.846. The maximum Gasteiger partial charge on any atom is 0.228 e. The monoisotopic (exact) mass is 364 g/mol. The average molecular weight is 364 g/mol. The predicted molar refractivity (Wildman–Crippen MR) is 96.2 cm³/mol. The van der Waals surface area contributed by atoms with E-state index in [0.29, 0.717) is 30.1 Å². The molecule has 1 saturated heterocycles. The van der Waals surface area contributed by atoms with Crippen molar-refractivity contribution in [1.29, 1.82) is 0 Å². The summed E-state index contributed by atoms with van der Waals surface area (Å²) in [7, 11) is 1.64. The van der Waals surface area contributed by atoms with Gasteiger partial charge in [-0.05, 0) is 36.8 Å². The number of benzene rings is 1. The SMILES string of the molecule is COc1cccc(C2CN(C(=O)Cc3sc(=S)[nH]c3C)CCO2)c1. The lowest BCUT2D eigenvalue weighted by Crippen LogP contribution is -2.42. The summed E-state index contributed by atoms with van der Waals surface area (Å²) in [6.07, 6.45) is 0.261. The lowest BCUT2D eigenvalue weighted by molar-refractivity contribution is -0.138. The molecule has 24 heavy (non-hydrogen) atoms. The maximum absolute atomic E-state index is 12.6. The number of hydrogen-bond acceptors (Lipinski definition) is 5. The Kier molecular flexibility index (Phi) is 5.33. The summed E-state index contributed by atoms with van der Waals surface area (Å²) in [4.78, 5) is 18.6. The molecule has 1 atom stereocenters. The first-order valence-electron chi connectivity index (χ1n) is 7.78. The Morgan fingerprint density at radius 1 is 1.54 bits per heavy atom. The van der Waals surface area contributed by atoms with E-state index in [1.807, 2.05) is 36.1 Å². The molecular weight excluding hydrogens is 344 g/mol. The zero-order valence-electron chi connectivity index (χ0n) is 13.7. The summed E-state index contributed by atoms with van der Waals surface area (Å²) < 4.78 is 11.8. The maximum atomic E-state index is 12.6. The number of aryl methyl sites for hydroxylation is 1. The molecule has 1 unspecified atom stereocenters. The van der Waals surface area contributed by atoms with Crippen molar-refractivity contribution in [3.63, 3.8) is 0 Å². The minimum Gasteiger partial charge on any atom is -0.497 e. The highest BCUT2D eigenvalue weighted by Gasteiger charge is 2.26. The molecule has 5 nitrogen and oxygen atoms in total. The van der Waals surface area contributed by atoms with Crippen LogP contribution in [0.3, 0.4) is 0 Å². The molecule has 2 aromatic rings. The van der Waals surface area contributed by atoms with E-state index in [9.17, 15) is 4.79 Å². The highest BCUT2D eigenvalue weighted by Crippen LogP contribution is 2.26. The van der Waals surface area contributed by atoms with E-state index in [1.54, 1.807) is 7.11 Å². The van der Waals surface area contributed by atoms with Gasteiger partial charge in [-0.25, -0.2) is 0 Å². The van der Waals surface area contributed by atoms with Gasteiger partial charge in [-0.1, -0.05) is 12.1 Å². The number of aromatic amines is 1. The first kappa shape index (κ1) is 17.1. The number of thiazole rings is 1. The Balaban J connectivity index is 1.69. The minimum atomic E-state index is -0.122. The zero-order chi connectivity index (χ0) is 17.1. The van der Waals surface area contributed by atoms with Crippen LogP contribution in [0.25, 0.3) is 0 Å². The highest BCUT2D eigenvalue weighted by atomic mass is 32.1. The number of carbonyl (C=O) groups is 1. The molecule has 3 rings (SSSR count). The Bertz CT molecular complexity index is 784. The van der Waals surface area contributed by atoms with Gasteiger partial charge in [0.1, 0.15) is 11.9 Å². The van der Waals surface area contributed by atoms with Crippen molar-refractivity contribution >= 4 is 29.5 Å². The summed E-state index contributed by atoms with van der Waals surface area (Å²) >= 11 is 6.61. The largest absolute Gasteiger partial charge is 0.497 e. The fourth-order valence-corrected chi connectivity index (χ4v) is 4.06. The van der Waals surface area contributed by atoms with Crippen LogP contribution >= 0.6 is 23.6 Å². The van der Waals surface area contributed by atoms with Crippen LogP contribution in [0.15, 0.2) is 24.3 Å². The lowest BCUT2D eigenvalue weighted by atomic mass is 10.1. The number of nitrogens with one attached hydrogen (secondary N) is 1. The molecule has 1 N–H and O–H groups in total. The Morgan fingerprint density at radius 3 is 3.08 bits per heavy atom. The molecule has 1 amide bonds. The van der Waals surface area contributed by atoms with Crippen molar-refractivity contribution in [1.82, 2.24) is 9.88 Å². The molecule has 128 valence electrons. The third-order valence-electron chi connectivity index (χ3n) is 4.12. The molecule has 2 heterocycles. The van der Waals surface area contributed by atoms with E-state index in [2.05, 4.69) is 4.98 Å². The number of aromatic nitrogens is 1. The number of carbonyl (C=O) groups excluding carboxylic acids is 1. The van der Waals surface area contributed by atoms with Gasteiger partial charge < -0.3 is 19.4 Å². The second-order valence-electron chi connectivity index (χ2n) is 5.72. The van der Waals surface area contributed by atoms with Gasteiger partial charge in [0.15, 0.2) is 3.95 Å². The number of ether oxygens (including phenoxy) is 2. The van der Waals surface area contributed by atoms with Gasteiger partial charge in [0, 0.05) is 17.1 Å². The molecule has 0 bridgehead atoms. The van der Waals surface area contributed by atoms with E-state index in [-0.39, 0.29) is 12.0 Å². The van der Waals surface area contributed by atoms with Gasteiger partial charge in [-0.2, -0.15) is 0 Å². The second kappa shape index (κ2) is 7.46. The molecule has 0 radical (unpaired) electrons. The number of morpholine rings is 1. The van der Waals surface area contributed by atoms with Crippen molar-refractivity contribution in [3.05, 3.63) is 44.4 Å². The smallest absolute Gasteiger partial charge is 0.228 e. The van der Waals surface area contributed by atoms with Crippen LogP contribution in [0.5, 0.6) is 5.75 Å². The minimum absolute atomic E-state index is 0.111. The third-order valence-corrected chi connectivity index (χ3v) is 5.46. The van der Waals surface area contributed by atoms with Crippen LogP contribution in [-0.4, -0.2) is 42.6 Å². The molecule has 1 aliphatic rings. The summed E-state index contributed by atoms with van der Waals surface area (Å²) in [6.45, 7) is 3.66. The summed E-state index contributed by atoms with van der Waals surface area (Å²) in [6, 6.07) is 7.80. The molecular formula is C17H20N2O3S2. The number of amides is 1. The Labute approximate surface area is 150 Å². The predicted octanol–water partition coefficient (Wildman–Crippen LogP) is 3.27. The van der Waals surface area contributed by atoms with E-state index >= 15 is 0 Å². The van der Waals surface area contributed by atoms with Crippen molar-refractivity contribution in [2.24, 2.45) is 0 Å². The van der Waals surface area contributed by atoms with Crippen LogP contribution in [0.2, 0.25) is 0 Å². The number of rotatable bonds is 4. The molecule has 0 aliphatic carbocycles. The van der Waals surface area contributed by atoms with Gasteiger partial charge >= 0.3 is 0 Å². The number of methoxy groups -OCH3 is 1. The molecule has 1 aromatic carbocycles. The fourth-order valence-electron chi connectivity index (χ4n) is 2.77. The van der Waals surface area contributed by atoms with Gasteiger partial charge in [-0.3, -0.25) is 4.79 Å². The van der Waals surface area contributed by atoms with Crippen LogP contribution in [0, 0.1) is 10.9 Å². The van der Waals surface area contributed by atoms with E-state index in [4.69, 9.17) is 21.7 Å². The van der Waals surface area contributed by atoms with Gasteiger partial charge in [0.2, 0.25) is 5.91 Å². The zero-order valence-corrected chi connectivity index (χ0v) is 15.3. The van der Waals surface area contributed by atoms with Crippen molar-refractivity contribution < 1.29 is 14.3 Å². The number of H-pyrrole nitrogens is 1. The second-order valence-corrected chi connectivity index (χ2v) is 7.49. The lowest BCUT2D eigenvalue weighted by Gasteiger charge is -2.33. The number of hydrogen-bond donors (Lipinski definition) is 1. The first-order valence-corrected chi connectivity index (χ1v) is 9.01. The molecule has 0 saturated carbocycles. The van der Waals surface area contributed by atoms with Crippen molar-refractivity contribution in [3.8, 4) is 5.75 Å². The van der Waals surface area contributed by atoms with E-state index < -0.39 is 0 Å². The van der Waals surface area contributed by atoms with Crippen LogP contribution in [0.1, 0.15) is 22.2 Å². The molecule has 1 aromatic heterocycles. The summed E-state index contributed by atoms with van der Waals surface area (Å²) in [5.74, 6) is 0.904. The summed E-state index contributed by atoms with van der Waals surface area (Å²) in [5, 5.41) is 0. The third kappa shape index (κ3) is 3.85. The van der Waals surface area contributed by atoms with E-state index in [0.717, 1.165) is 21.9 Å². The highest BCUT2D eigenvalue weighted by molar-refractivity contribution is 7.73. The summed E-state index contributed by atoms with van der Waals surface area (Å²) in [5.41, 5.74) is 2.01.